The minimum Gasteiger partial charge on any atom is -0.485 e. The van der Waals surface area contributed by atoms with Crippen LogP contribution in [0.15, 0.2) is 18.2 Å². The fraction of sp³-hybridized carbons (Fsp3) is 0.357. The van der Waals surface area contributed by atoms with Gasteiger partial charge in [-0.25, -0.2) is 4.98 Å². The van der Waals surface area contributed by atoms with Crippen molar-refractivity contribution in [2.24, 2.45) is 5.73 Å². The average molecular weight is 299 g/mol. The van der Waals surface area contributed by atoms with E-state index in [2.05, 4.69) is 4.98 Å². The summed E-state index contributed by atoms with van der Waals surface area (Å²) in [5.41, 5.74) is 7.24. The highest BCUT2D eigenvalue weighted by Gasteiger charge is 2.16. The first-order valence-corrected chi connectivity index (χ1v) is 6.94. The number of ether oxygens (including phenoxy) is 1. The van der Waals surface area contributed by atoms with Gasteiger partial charge in [-0.05, 0) is 31.5 Å². The van der Waals surface area contributed by atoms with Crippen LogP contribution in [-0.4, -0.2) is 17.6 Å². The minimum atomic E-state index is -0.0795. The molecule has 0 aliphatic carbocycles. The number of hydrogen-bond donors (Lipinski definition) is 1. The highest BCUT2D eigenvalue weighted by Crippen LogP contribution is 2.37. The summed E-state index contributed by atoms with van der Waals surface area (Å²) in [7, 11) is 0. The maximum Gasteiger partial charge on any atom is 0.164 e. The van der Waals surface area contributed by atoms with Crippen molar-refractivity contribution in [3.05, 3.63) is 33.9 Å². The molecule has 0 amide bonds. The van der Waals surface area contributed by atoms with Crippen LogP contribution in [0, 0.1) is 6.92 Å². The summed E-state index contributed by atoms with van der Waals surface area (Å²) in [6.45, 7) is 4.36. The topological polar surface area (TPSA) is 48.1 Å². The molecule has 1 aromatic heterocycles. The predicted octanol–water partition coefficient (Wildman–Crippen LogP) is 3.97. The van der Waals surface area contributed by atoms with Crippen molar-refractivity contribution in [3.8, 4) is 5.75 Å². The number of aryl methyl sites for hydroxylation is 1. The molecular formula is C14H16Cl2N2O. The molecule has 2 rings (SSSR count). The Morgan fingerprint density at radius 3 is 2.68 bits per heavy atom. The van der Waals surface area contributed by atoms with E-state index in [4.69, 9.17) is 33.7 Å². The van der Waals surface area contributed by atoms with Crippen molar-refractivity contribution < 1.29 is 4.74 Å². The third kappa shape index (κ3) is 2.94. The number of hydrogen-bond acceptors (Lipinski definition) is 3. The molecule has 2 aromatic rings. The molecule has 0 radical (unpaired) electrons. The summed E-state index contributed by atoms with van der Waals surface area (Å²) in [4.78, 5) is 4.48. The summed E-state index contributed by atoms with van der Waals surface area (Å²) in [5, 5.41) is 1.86. The van der Waals surface area contributed by atoms with Gasteiger partial charge < -0.3 is 10.5 Å². The van der Waals surface area contributed by atoms with Gasteiger partial charge in [-0.1, -0.05) is 30.1 Å². The number of nitrogens with zero attached hydrogens (tertiary/aromatic N) is 1. The van der Waals surface area contributed by atoms with E-state index in [9.17, 15) is 0 Å². The van der Waals surface area contributed by atoms with Gasteiger partial charge in [0.1, 0.15) is 11.6 Å². The Kier molecular flexibility index (Phi) is 4.50. The third-order valence-electron chi connectivity index (χ3n) is 2.98. The second-order valence-corrected chi connectivity index (χ2v) is 5.22. The molecule has 0 fully saturated rings. The third-order valence-corrected chi connectivity index (χ3v) is 3.57. The minimum absolute atomic E-state index is 0.0795. The van der Waals surface area contributed by atoms with Crippen LogP contribution in [0.4, 0.5) is 0 Å². The van der Waals surface area contributed by atoms with Crippen LogP contribution in [0.25, 0.3) is 10.9 Å². The van der Waals surface area contributed by atoms with Crippen LogP contribution in [0.5, 0.6) is 5.75 Å². The number of aromatic nitrogens is 1. The molecule has 0 bridgehead atoms. The molecule has 1 unspecified atom stereocenters. The molecule has 19 heavy (non-hydrogen) atoms. The number of rotatable bonds is 4. The SMILES string of the molecule is CCC(CN)Oc1c(Cl)cc(Cl)c2ccc(C)nc12. The normalized spacial score (nSPS) is 12.7. The Morgan fingerprint density at radius 1 is 1.32 bits per heavy atom. The highest BCUT2D eigenvalue weighted by atomic mass is 35.5. The molecule has 5 heteroatoms. The molecule has 0 saturated heterocycles. The molecule has 102 valence electrons. The predicted molar refractivity (Wildman–Crippen MR) is 80.3 cm³/mol. The Hall–Kier alpha value is -1.03. The molecule has 0 saturated carbocycles. The number of nitrogens with two attached hydrogens (primary N) is 1. The Bertz CT molecular complexity index is 598. The van der Waals surface area contributed by atoms with Crippen molar-refractivity contribution in [3.63, 3.8) is 0 Å². The fourth-order valence-electron chi connectivity index (χ4n) is 1.87. The van der Waals surface area contributed by atoms with Gasteiger partial charge in [-0.15, -0.1) is 0 Å². The number of pyridine rings is 1. The van der Waals surface area contributed by atoms with E-state index < -0.39 is 0 Å². The highest BCUT2D eigenvalue weighted by molar-refractivity contribution is 6.39. The Labute approximate surface area is 122 Å². The number of halogens is 2. The number of fused-ring (bicyclic) bond motifs is 1. The lowest BCUT2D eigenvalue weighted by Crippen LogP contribution is -2.26. The maximum absolute atomic E-state index is 6.23. The summed E-state index contributed by atoms with van der Waals surface area (Å²) in [6.07, 6.45) is 0.729. The van der Waals surface area contributed by atoms with E-state index in [0.29, 0.717) is 27.9 Å². The van der Waals surface area contributed by atoms with Crippen LogP contribution >= 0.6 is 23.2 Å². The van der Waals surface area contributed by atoms with E-state index >= 15 is 0 Å². The summed E-state index contributed by atoms with van der Waals surface area (Å²) in [5.74, 6) is 0.557. The van der Waals surface area contributed by atoms with Gasteiger partial charge >= 0.3 is 0 Å². The summed E-state index contributed by atoms with van der Waals surface area (Å²) >= 11 is 12.4. The first-order valence-electron chi connectivity index (χ1n) is 6.18. The van der Waals surface area contributed by atoms with Crippen LogP contribution in [0.1, 0.15) is 19.0 Å². The van der Waals surface area contributed by atoms with Crippen molar-refractivity contribution in [1.29, 1.82) is 0 Å². The van der Waals surface area contributed by atoms with Crippen molar-refractivity contribution in [1.82, 2.24) is 4.98 Å². The molecule has 0 aliphatic rings. The van der Waals surface area contributed by atoms with Crippen LogP contribution < -0.4 is 10.5 Å². The lowest BCUT2D eigenvalue weighted by atomic mass is 10.2. The van der Waals surface area contributed by atoms with E-state index in [0.717, 1.165) is 17.5 Å². The van der Waals surface area contributed by atoms with Gasteiger partial charge in [0, 0.05) is 17.6 Å². The van der Waals surface area contributed by atoms with Gasteiger partial charge in [-0.3, -0.25) is 0 Å². The fourth-order valence-corrected chi connectivity index (χ4v) is 2.43. The molecule has 0 aliphatic heterocycles. The lowest BCUT2D eigenvalue weighted by molar-refractivity contribution is 0.207. The molecule has 0 spiro atoms. The zero-order valence-corrected chi connectivity index (χ0v) is 12.4. The largest absolute Gasteiger partial charge is 0.485 e. The summed E-state index contributed by atoms with van der Waals surface area (Å²) in [6, 6.07) is 5.51. The van der Waals surface area contributed by atoms with Gasteiger partial charge in [0.2, 0.25) is 0 Å². The molecule has 1 atom stereocenters. The molecule has 3 nitrogen and oxygen atoms in total. The average Bonchev–Trinajstić information content (AvgIpc) is 2.38. The van der Waals surface area contributed by atoms with Gasteiger partial charge in [-0.2, -0.15) is 0 Å². The molecule has 2 N–H and O–H groups in total. The smallest absolute Gasteiger partial charge is 0.164 e. The van der Waals surface area contributed by atoms with E-state index in [1.165, 1.54) is 0 Å². The summed E-state index contributed by atoms with van der Waals surface area (Å²) < 4.78 is 5.89. The van der Waals surface area contributed by atoms with Crippen LogP contribution in [0.2, 0.25) is 10.0 Å². The zero-order chi connectivity index (χ0) is 14.0. The van der Waals surface area contributed by atoms with E-state index in [1.54, 1.807) is 6.07 Å². The zero-order valence-electron chi connectivity index (χ0n) is 10.9. The van der Waals surface area contributed by atoms with Gasteiger partial charge in [0.15, 0.2) is 5.75 Å². The molecule has 1 heterocycles. The molecular weight excluding hydrogens is 283 g/mol. The Balaban J connectivity index is 2.61. The maximum atomic E-state index is 6.23. The lowest BCUT2D eigenvalue weighted by Gasteiger charge is -2.18. The quantitative estimate of drug-likeness (QED) is 0.929. The monoisotopic (exact) mass is 298 g/mol. The van der Waals surface area contributed by atoms with Crippen molar-refractivity contribution in [2.45, 2.75) is 26.4 Å². The Morgan fingerprint density at radius 2 is 2.05 bits per heavy atom. The van der Waals surface area contributed by atoms with Gasteiger partial charge in [0.05, 0.1) is 10.0 Å². The van der Waals surface area contributed by atoms with E-state index in [-0.39, 0.29) is 6.10 Å². The standard InChI is InChI=1S/C14H16Cl2N2O/c1-3-9(7-17)19-14-12(16)6-11(15)10-5-4-8(2)18-13(10)14/h4-6,9H,3,7,17H2,1-2H3. The number of benzene rings is 1. The second-order valence-electron chi connectivity index (χ2n) is 4.40. The second kappa shape index (κ2) is 5.95. The van der Waals surface area contributed by atoms with Crippen molar-refractivity contribution >= 4 is 34.1 Å². The first kappa shape index (κ1) is 14.4. The van der Waals surface area contributed by atoms with Crippen LogP contribution in [-0.2, 0) is 0 Å². The first-order chi connectivity index (χ1) is 9.06. The van der Waals surface area contributed by atoms with Gasteiger partial charge in [0.25, 0.3) is 0 Å². The van der Waals surface area contributed by atoms with Crippen LogP contribution in [0.3, 0.4) is 0 Å². The molecule has 1 aromatic carbocycles. The van der Waals surface area contributed by atoms with E-state index in [1.807, 2.05) is 26.0 Å². The van der Waals surface area contributed by atoms with Crippen molar-refractivity contribution in [2.75, 3.05) is 6.54 Å².